The van der Waals surface area contributed by atoms with Crippen LogP contribution in [0.2, 0.25) is 5.02 Å². The van der Waals surface area contributed by atoms with Crippen molar-refractivity contribution in [1.29, 1.82) is 0 Å². The molecule has 32 heavy (non-hydrogen) atoms. The molecule has 1 saturated heterocycles. The molecule has 1 aliphatic heterocycles. The van der Waals surface area contributed by atoms with Crippen molar-refractivity contribution in [3.8, 4) is 0 Å². The Morgan fingerprint density at radius 3 is 2.34 bits per heavy atom. The monoisotopic (exact) mass is 485 g/mol. The van der Waals surface area contributed by atoms with Gasteiger partial charge in [-0.15, -0.1) is 0 Å². The number of rotatable bonds is 5. The fourth-order valence-corrected chi connectivity index (χ4v) is 5.31. The van der Waals surface area contributed by atoms with Gasteiger partial charge in [-0.25, -0.2) is 17.6 Å². The highest BCUT2D eigenvalue weighted by molar-refractivity contribution is 7.89. The van der Waals surface area contributed by atoms with Crippen molar-refractivity contribution in [3.63, 3.8) is 0 Å². The Hall–Kier alpha value is -2.43. The zero-order chi connectivity index (χ0) is 23.8. The van der Waals surface area contributed by atoms with Gasteiger partial charge in [-0.1, -0.05) is 11.6 Å². The molecule has 0 spiro atoms. The third-order valence-electron chi connectivity index (χ3n) is 5.25. The van der Waals surface area contributed by atoms with Crippen molar-refractivity contribution in [2.75, 3.05) is 26.2 Å². The Morgan fingerprint density at radius 2 is 1.78 bits per heavy atom. The van der Waals surface area contributed by atoms with E-state index < -0.39 is 21.8 Å². The first-order chi connectivity index (χ1) is 14.9. The molecule has 1 aromatic carbocycles. The fraction of sp³-hybridized carbons (Fsp3) is 0.429. The second kappa shape index (κ2) is 9.21. The number of ether oxygens (including phenoxy) is 1. The molecule has 11 heteroatoms. The molecule has 1 N–H and O–H groups in total. The highest BCUT2D eigenvalue weighted by Gasteiger charge is 2.33. The lowest BCUT2D eigenvalue weighted by molar-refractivity contribution is 0.0376. The van der Waals surface area contributed by atoms with E-state index in [1.165, 1.54) is 9.21 Å². The molecule has 1 aliphatic rings. The molecular formula is C21H25ClFN3O5S. The third-order valence-corrected chi connectivity index (χ3v) is 7.44. The molecular weight excluding hydrogens is 461 g/mol. The van der Waals surface area contributed by atoms with E-state index in [9.17, 15) is 22.4 Å². The molecule has 0 aliphatic carbocycles. The minimum absolute atomic E-state index is 0.0735. The number of hydrogen-bond acceptors (Lipinski definition) is 5. The van der Waals surface area contributed by atoms with Crippen molar-refractivity contribution in [3.05, 3.63) is 51.6 Å². The summed E-state index contributed by atoms with van der Waals surface area (Å²) in [6.45, 7) is 7.33. The number of aryl methyl sites for hydroxylation is 1. The number of halogens is 2. The van der Waals surface area contributed by atoms with Gasteiger partial charge in [0.15, 0.2) is 0 Å². The summed E-state index contributed by atoms with van der Waals surface area (Å²) < 4.78 is 45.6. The van der Waals surface area contributed by atoms with Crippen LogP contribution >= 0.6 is 11.6 Å². The van der Waals surface area contributed by atoms with Crippen LogP contribution in [0.4, 0.5) is 4.39 Å². The van der Waals surface area contributed by atoms with E-state index in [-0.39, 0.29) is 53.8 Å². The van der Waals surface area contributed by atoms with Gasteiger partial charge in [0.1, 0.15) is 11.5 Å². The SMILES string of the molecule is Cc1[nH]c(C(=O)N2CCN(S(=O)(=O)c3ccc(F)c(Cl)c3)CC2)c(C)c1C(=O)OC(C)C. The lowest BCUT2D eigenvalue weighted by Crippen LogP contribution is -2.50. The summed E-state index contributed by atoms with van der Waals surface area (Å²) >= 11 is 5.72. The van der Waals surface area contributed by atoms with Crippen molar-refractivity contribution in [2.45, 2.75) is 38.7 Å². The molecule has 8 nitrogen and oxygen atoms in total. The molecule has 0 atom stereocenters. The number of aromatic nitrogens is 1. The van der Waals surface area contributed by atoms with Crippen molar-refractivity contribution < 1.29 is 27.1 Å². The van der Waals surface area contributed by atoms with Crippen LogP contribution in [0.15, 0.2) is 23.1 Å². The Labute approximate surface area is 191 Å². The summed E-state index contributed by atoms with van der Waals surface area (Å²) in [4.78, 5) is 29.8. The average molecular weight is 486 g/mol. The number of H-pyrrole nitrogens is 1. The molecule has 1 fully saturated rings. The molecule has 0 radical (unpaired) electrons. The number of nitrogens with zero attached hydrogens (tertiary/aromatic N) is 2. The van der Waals surface area contributed by atoms with Crippen LogP contribution < -0.4 is 0 Å². The molecule has 2 aromatic rings. The standard InChI is InChI=1S/C21H25ClFN3O5S/c1-12(2)31-21(28)18-13(3)19(24-14(18)4)20(27)25-7-9-26(10-8-25)32(29,30)15-5-6-17(23)16(22)11-15/h5-6,11-12,24H,7-10H2,1-4H3. The number of carbonyl (C=O) groups is 2. The number of aromatic amines is 1. The molecule has 174 valence electrons. The summed E-state index contributed by atoms with van der Waals surface area (Å²) in [5.41, 5.74) is 1.64. The summed E-state index contributed by atoms with van der Waals surface area (Å²) in [6.07, 6.45) is -0.290. The van der Waals surface area contributed by atoms with Gasteiger partial charge in [0, 0.05) is 31.9 Å². The first-order valence-electron chi connectivity index (χ1n) is 10.1. The molecule has 0 unspecified atom stereocenters. The van der Waals surface area contributed by atoms with Crippen LogP contribution in [-0.4, -0.2) is 66.8 Å². The van der Waals surface area contributed by atoms with E-state index in [0.717, 1.165) is 18.2 Å². The fourth-order valence-electron chi connectivity index (χ4n) is 3.62. The first kappa shape index (κ1) is 24.2. The first-order valence-corrected chi connectivity index (χ1v) is 11.9. The quantitative estimate of drug-likeness (QED) is 0.656. The Kier molecular flexibility index (Phi) is 6.97. The number of nitrogens with one attached hydrogen (secondary N) is 1. The van der Waals surface area contributed by atoms with Crippen LogP contribution in [0.3, 0.4) is 0 Å². The predicted octanol–water partition coefficient (Wildman–Crippen LogP) is 3.14. The highest BCUT2D eigenvalue weighted by atomic mass is 35.5. The lowest BCUT2D eigenvalue weighted by Gasteiger charge is -2.34. The number of hydrogen-bond donors (Lipinski definition) is 1. The zero-order valence-corrected chi connectivity index (χ0v) is 19.8. The van der Waals surface area contributed by atoms with Gasteiger partial charge < -0.3 is 14.6 Å². The minimum Gasteiger partial charge on any atom is -0.459 e. The summed E-state index contributed by atoms with van der Waals surface area (Å²) in [5, 5.41) is -0.274. The molecule has 0 bridgehead atoms. The van der Waals surface area contributed by atoms with E-state index in [1.54, 1.807) is 27.7 Å². The molecule has 3 rings (SSSR count). The van der Waals surface area contributed by atoms with E-state index in [0.29, 0.717) is 16.8 Å². The minimum atomic E-state index is -3.87. The maximum Gasteiger partial charge on any atom is 0.340 e. The van der Waals surface area contributed by atoms with Crippen LogP contribution in [0.1, 0.15) is 46.0 Å². The van der Waals surface area contributed by atoms with Gasteiger partial charge in [-0.2, -0.15) is 4.31 Å². The second-order valence-electron chi connectivity index (χ2n) is 7.85. The maximum absolute atomic E-state index is 13.4. The second-order valence-corrected chi connectivity index (χ2v) is 10.2. The predicted molar refractivity (Wildman–Crippen MR) is 117 cm³/mol. The molecule has 0 saturated carbocycles. The van der Waals surface area contributed by atoms with E-state index in [4.69, 9.17) is 16.3 Å². The van der Waals surface area contributed by atoms with Gasteiger partial charge in [0.05, 0.1) is 21.6 Å². The number of piperazine rings is 1. The molecule has 1 amide bonds. The summed E-state index contributed by atoms with van der Waals surface area (Å²) in [6, 6.07) is 3.25. The van der Waals surface area contributed by atoms with Crippen molar-refractivity contribution >= 4 is 33.5 Å². The van der Waals surface area contributed by atoms with Gasteiger partial charge >= 0.3 is 5.97 Å². The van der Waals surface area contributed by atoms with Crippen LogP contribution in [0, 0.1) is 19.7 Å². The number of esters is 1. The Morgan fingerprint density at radius 1 is 1.16 bits per heavy atom. The van der Waals surface area contributed by atoms with E-state index in [1.807, 2.05) is 0 Å². The Bertz CT molecular complexity index is 1150. The summed E-state index contributed by atoms with van der Waals surface area (Å²) in [7, 11) is -3.87. The van der Waals surface area contributed by atoms with Gasteiger partial charge in [-0.3, -0.25) is 4.79 Å². The van der Waals surface area contributed by atoms with Gasteiger partial charge in [0.25, 0.3) is 5.91 Å². The largest absolute Gasteiger partial charge is 0.459 e. The third kappa shape index (κ3) is 4.67. The Balaban J connectivity index is 1.73. The topological polar surface area (TPSA) is 99.8 Å². The van der Waals surface area contributed by atoms with Gasteiger partial charge in [0.2, 0.25) is 10.0 Å². The molecule has 2 heterocycles. The summed E-state index contributed by atoms with van der Waals surface area (Å²) in [5.74, 6) is -1.52. The van der Waals surface area contributed by atoms with E-state index >= 15 is 0 Å². The van der Waals surface area contributed by atoms with Gasteiger partial charge in [-0.05, 0) is 51.5 Å². The smallest absolute Gasteiger partial charge is 0.340 e. The maximum atomic E-state index is 13.4. The number of amides is 1. The van der Waals surface area contributed by atoms with E-state index in [2.05, 4.69) is 4.98 Å². The van der Waals surface area contributed by atoms with Crippen LogP contribution in [-0.2, 0) is 14.8 Å². The average Bonchev–Trinajstić information content (AvgIpc) is 3.03. The molecule has 1 aromatic heterocycles. The number of carbonyl (C=O) groups excluding carboxylic acids is 2. The van der Waals surface area contributed by atoms with Crippen LogP contribution in [0.25, 0.3) is 0 Å². The number of sulfonamides is 1. The zero-order valence-electron chi connectivity index (χ0n) is 18.2. The van der Waals surface area contributed by atoms with Crippen molar-refractivity contribution in [2.24, 2.45) is 0 Å². The lowest BCUT2D eigenvalue weighted by atomic mass is 10.1. The number of benzene rings is 1. The van der Waals surface area contributed by atoms with Crippen LogP contribution in [0.5, 0.6) is 0 Å². The highest BCUT2D eigenvalue weighted by Crippen LogP contribution is 2.25. The van der Waals surface area contributed by atoms with Crippen molar-refractivity contribution in [1.82, 2.24) is 14.2 Å². The normalized spacial score (nSPS) is 15.3.